The number of aliphatic hydroxyl groups is 1. The summed E-state index contributed by atoms with van der Waals surface area (Å²) in [5.74, 6) is -0.166. The van der Waals surface area contributed by atoms with E-state index in [4.69, 9.17) is 16.7 Å². The molecule has 1 aromatic rings. The Morgan fingerprint density at radius 2 is 2.24 bits per heavy atom. The summed E-state index contributed by atoms with van der Waals surface area (Å²) in [5, 5.41) is 12.3. The summed E-state index contributed by atoms with van der Waals surface area (Å²) < 4.78 is 0. The number of carbonyl (C=O) groups is 1. The first-order chi connectivity index (χ1) is 8.00. The quantitative estimate of drug-likeness (QED) is 0.795. The molecule has 0 aliphatic rings. The number of rotatable bonds is 5. The van der Waals surface area contributed by atoms with Crippen LogP contribution in [0.4, 0.5) is 0 Å². The highest BCUT2D eigenvalue weighted by molar-refractivity contribution is 6.33. The Morgan fingerprint density at radius 1 is 1.53 bits per heavy atom. The number of hydrogen-bond donors (Lipinski definition) is 2. The van der Waals surface area contributed by atoms with Crippen molar-refractivity contribution in [2.75, 3.05) is 6.54 Å². The van der Waals surface area contributed by atoms with Gasteiger partial charge in [0.2, 0.25) is 0 Å². The third-order valence-electron chi connectivity index (χ3n) is 2.45. The normalized spacial score (nSPS) is 12.2. The number of halogens is 1. The summed E-state index contributed by atoms with van der Waals surface area (Å²) in [7, 11) is 0. The molecule has 0 fully saturated rings. The third kappa shape index (κ3) is 4.75. The molecule has 1 atom stereocenters. The van der Waals surface area contributed by atoms with Crippen molar-refractivity contribution < 1.29 is 9.90 Å². The molecule has 0 bridgehead atoms. The van der Waals surface area contributed by atoms with Gasteiger partial charge in [0.1, 0.15) is 0 Å². The first-order valence-corrected chi connectivity index (χ1v) is 6.11. The summed E-state index contributed by atoms with van der Waals surface area (Å²) in [4.78, 5) is 11.8. The van der Waals surface area contributed by atoms with Gasteiger partial charge in [-0.1, -0.05) is 17.7 Å². The number of benzene rings is 1. The Labute approximate surface area is 107 Å². The molecule has 2 N–H and O–H groups in total. The molecule has 0 heterocycles. The lowest BCUT2D eigenvalue weighted by atomic mass is 10.1. The van der Waals surface area contributed by atoms with E-state index in [9.17, 15) is 4.79 Å². The van der Waals surface area contributed by atoms with Crippen molar-refractivity contribution in [3.05, 3.63) is 34.3 Å². The zero-order valence-electron chi connectivity index (χ0n) is 10.2. The molecule has 0 aromatic heterocycles. The van der Waals surface area contributed by atoms with E-state index in [0.29, 0.717) is 23.6 Å². The maximum Gasteiger partial charge on any atom is 0.252 e. The molecule has 0 aliphatic heterocycles. The smallest absolute Gasteiger partial charge is 0.252 e. The Balaban J connectivity index is 2.47. The van der Waals surface area contributed by atoms with Crippen LogP contribution in [0.1, 0.15) is 35.7 Å². The van der Waals surface area contributed by atoms with Crippen molar-refractivity contribution in [2.24, 2.45) is 0 Å². The maximum atomic E-state index is 11.8. The van der Waals surface area contributed by atoms with Crippen molar-refractivity contribution in [2.45, 2.75) is 32.8 Å². The molecule has 3 nitrogen and oxygen atoms in total. The maximum absolute atomic E-state index is 11.8. The molecule has 1 amide bonds. The van der Waals surface area contributed by atoms with Crippen molar-refractivity contribution in [1.82, 2.24) is 5.32 Å². The van der Waals surface area contributed by atoms with E-state index in [-0.39, 0.29) is 12.0 Å². The fourth-order valence-electron chi connectivity index (χ4n) is 1.50. The number of amides is 1. The van der Waals surface area contributed by atoms with E-state index in [1.807, 2.05) is 13.0 Å². The number of aryl methyl sites for hydroxylation is 1. The Kier molecular flexibility index (Phi) is 5.45. The second-order valence-corrected chi connectivity index (χ2v) is 4.64. The average molecular weight is 256 g/mol. The fourth-order valence-corrected chi connectivity index (χ4v) is 1.82. The van der Waals surface area contributed by atoms with E-state index < -0.39 is 0 Å². The Hall–Kier alpha value is -1.06. The van der Waals surface area contributed by atoms with Gasteiger partial charge < -0.3 is 10.4 Å². The van der Waals surface area contributed by atoms with E-state index in [0.717, 1.165) is 12.0 Å². The number of nitrogens with one attached hydrogen (secondary N) is 1. The number of hydrogen-bond acceptors (Lipinski definition) is 2. The highest BCUT2D eigenvalue weighted by Gasteiger charge is 2.09. The van der Waals surface area contributed by atoms with Gasteiger partial charge in [-0.3, -0.25) is 4.79 Å². The molecule has 0 saturated heterocycles. The molecular formula is C13H18ClNO2. The molecule has 1 rings (SSSR count). The van der Waals surface area contributed by atoms with Crippen LogP contribution in [-0.4, -0.2) is 23.7 Å². The molecule has 1 aromatic carbocycles. The minimum Gasteiger partial charge on any atom is -0.393 e. The molecule has 4 heteroatoms. The standard InChI is InChI=1S/C13H18ClNO2/c1-9-5-6-11(12(14)8-9)13(17)15-7-3-4-10(2)16/h5-6,8,10,16H,3-4,7H2,1-2H3,(H,15,17). The SMILES string of the molecule is Cc1ccc(C(=O)NCCCC(C)O)c(Cl)c1. The summed E-state index contributed by atoms with van der Waals surface area (Å²) in [5.41, 5.74) is 1.52. The van der Waals surface area contributed by atoms with Crippen LogP contribution in [0.3, 0.4) is 0 Å². The van der Waals surface area contributed by atoms with Crippen molar-refractivity contribution in [3.63, 3.8) is 0 Å². The molecule has 0 aliphatic carbocycles. The van der Waals surface area contributed by atoms with Gasteiger partial charge in [0, 0.05) is 6.54 Å². The molecule has 0 saturated carbocycles. The van der Waals surface area contributed by atoms with E-state index in [1.54, 1.807) is 19.1 Å². The van der Waals surface area contributed by atoms with E-state index >= 15 is 0 Å². The lowest BCUT2D eigenvalue weighted by molar-refractivity contribution is 0.0950. The molecule has 1 unspecified atom stereocenters. The zero-order chi connectivity index (χ0) is 12.8. The van der Waals surface area contributed by atoms with Crippen LogP contribution in [0.15, 0.2) is 18.2 Å². The van der Waals surface area contributed by atoms with Crippen LogP contribution in [-0.2, 0) is 0 Å². The van der Waals surface area contributed by atoms with Crippen molar-refractivity contribution in [3.8, 4) is 0 Å². The van der Waals surface area contributed by atoms with Gasteiger partial charge in [-0.2, -0.15) is 0 Å². The van der Waals surface area contributed by atoms with Crippen molar-refractivity contribution in [1.29, 1.82) is 0 Å². The molecule has 94 valence electrons. The molecule has 0 spiro atoms. The lowest BCUT2D eigenvalue weighted by Gasteiger charge is -2.08. The minimum atomic E-state index is -0.324. The zero-order valence-corrected chi connectivity index (χ0v) is 10.9. The van der Waals surface area contributed by atoms with Gasteiger partial charge in [0.15, 0.2) is 0 Å². The summed E-state index contributed by atoms with van der Waals surface area (Å²) >= 11 is 5.99. The van der Waals surface area contributed by atoms with Crippen LogP contribution >= 0.6 is 11.6 Å². The molecule has 17 heavy (non-hydrogen) atoms. The molecule has 0 radical (unpaired) electrons. The Bertz CT molecular complexity index is 391. The van der Waals surface area contributed by atoms with Gasteiger partial charge in [-0.05, 0) is 44.4 Å². The molecular weight excluding hydrogens is 238 g/mol. The second kappa shape index (κ2) is 6.62. The summed E-state index contributed by atoms with van der Waals surface area (Å²) in [6, 6.07) is 5.35. The highest BCUT2D eigenvalue weighted by Crippen LogP contribution is 2.17. The van der Waals surface area contributed by atoms with Crippen LogP contribution in [0.5, 0.6) is 0 Å². The van der Waals surface area contributed by atoms with E-state index in [1.165, 1.54) is 0 Å². The van der Waals surface area contributed by atoms with Crippen LogP contribution in [0.25, 0.3) is 0 Å². The first-order valence-electron chi connectivity index (χ1n) is 5.73. The summed E-state index contributed by atoms with van der Waals surface area (Å²) in [6.45, 7) is 4.21. The third-order valence-corrected chi connectivity index (χ3v) is 2.77. The van der Waals surface area contributed by atoms with Crippen LogP contribution in [0, 0.1) is 6.92 Å². The van der Waals surface area contributed by atoms with Gasteiger partial charge in [-0.15, -0.1) is 0 Å². The van der Waals surface area contributed by atoms with Gasteiger partial charge in [0.25, 0.3) is 5.91 Å². The second-order valence-electron chi connectivity index (χ2n) is 4.23. The fraction of sp³-hybridized carbons (Fsp3) is 0.462. The highest BCUT2D eigenvalue weighted by atomic mass is 35.5. The monoisotopic (exact) mass is 255 g/mol. The Morgan fingerprint density at radius 3 is 2.82 bits per heavy atom. The summed E-state index contributed by atoms with van der Waals surface area (Å²) in [6.07, 6.45) is 1.12. The lowest BCUT2D eigenvalue weighted by Crippen LogP contribution is -2.25. The number of aliphatic hydroxyl groups excluding tert-OH is 1. The number of carbonyl (C=O) groups excluding carboxylic acids is 1. The first kappa shape index (κ1) is 14.0. The topological polar surface area (TPSA) is 49.3 Å². The average Bonchev–Trinajstić information content (AvgIpc) is 2.23. The van der Waals surface area contributed by atoms with E-state index in [2.05, 4.69) is 5.32 Å². The van der Waals surface area contributed by atoms with Crippen LogP contribution < -0.4 is 5.32 Å². The van der Waals surface area contributed by atoms with Crippen molar-refractivity contribution >= 4 is 17.5 Å². The largest absolute Gasteiger partial charge is 0.393 e. The minimum absolute atomic E-state index is 0.166. The van der Waals surface area contributed by atoms with Gasteiger partial charge in [-0.25, -0.2) is 0 Å². The predicted octanol–water partition coefficient (Wildman–Crippen LogP) is 2.54. The van der Waals surface area contributed by atoms with Gasteiger partial charge >= 0.3 is 0 Å². The van der Waals surface area contributed by atoms with Gasteiger partial charge in [0.05, 0.1) is 16.7 Å². The van der Waals surface area contributed by atoms with Crippen LogP contribution in [0.2, 0.25) is 5.02 Å². The predicted molar refractivity (Wildman–Crippen MR) is 69.4 cm³/mol.